The van der Waals surface area contributed by atoms with Gasteiger partial charge in [0, 0.05) is 17.5 Å². The first-order valence-corrected chi connectivity index (χ1v) is 5.11. The minimum Gasteiger partial charge on any atom is -0.310 e. The summed E-state index contributed by atoms with van der Waals surface area (Å²) in [4.78, 5) is 10.1. The van der Waals surface area contributed by atoms with Crippen molar-refractivity contribution in [2.45, 2.75) is 18.9 Å². The molecule has 70 valence electrons. The molecule has 1 fully saturated rings. The lowest BCUT2D eigenvalue weighted by Crippen LogP contribution is -2.11. The Hall–Kier alpha value is -0.940. The van der Waals surface area contributed by atoms with Gasteiger partial charge in [0.1, 0.15) is 0 Å². The smallest absolute Gasteiger partial charge is 0.310 e. The number of nitrogens with one attached hydrogen (secondary N) is 1. The Morgan fingerprint density at radius 2 is 2.54 bits per heavy atom. The third kappa shape index (κ3) is 1.71. The second-order valence-electron chi connectivity index (χ2n) is 3.12. The van der Waals surface area contributed by atoms with E-state index in [-0.39, 0.29) is 9.92 Å². The second-order valence-corrected chi connectivity index (χ2v) is 4.01. The quantitative estimate of drug-likeness (QED) is 0.584. The fraction of sp³-hybridized carbons (Fsp3) is 0.500. The van der Waals surface area contributed by atoms with Gasteiger partial charge in [-0.15, -0.1) is 0 Å². The number of rotatable bonds is 2. The Balaban J connectivity index is 2.16. The Bertz CT molecular complexity index is 318. The topological polar surface area (TPSA) is 55.2 Å². The predicted molar refractivity (Wildman–Crippen MR) is 51.0 cm³/mol. The maximum Gasteiger partial charge on any atom is 0.324 e. The van der Waals surface area contributed by atoms with Crippen LogP contribution in [0.3, 0.4) is 0 Å². The van der Waals surface area contributed by atoms with Crippen molar-refractivity contribution < 1.29 is 4.92 Å². The molecule has 1 saturated heterocycles. The van der Waals surface area contributed by atoms with E-state index in [4.69, 9.17) is 0 Å². The number of thiophene rings is 1. The number of hydrogen-bond acceptors (Lipinski definition) is 4. The largest absolute Gasteiger partial charge is 0.324 e. The van der Waals surface area contributed by atoms with E-state index in [1.807, 2.05) is 5.38 Å². The summed E-state index contributed by atoms with van der Waals surface area (Å²) >= 11 is 1.21. The molecule has 1 aliphatic rings. The Labute approximate surface area is 79.7 Å². The summed E-state index contributed by atoms with van der Waals surface area (Å²) in [5, 5.41) is 15.8. The van der Waals surface area contributed by atoms with Crippen LogP contribution in [0.25, 0.3) is 0 Å². The van der Waals surface area contributed by atoms with Crippen LogP contribution < -0.4 is 5.32 Å². The minimum atomic E-state index is -0.330. The monoisotopic (exact) mass is 198 g/mol. The molecule has 1 aromatic rings. The molecule has 0 amide bonds. The highest BCUT2D eigenvalue weighted by atomic mass is 32.1. The van der Waals surface area contributed by atoms with Crippen molar-refractivity contribution >= 4 is 16.3 Å². The van der Waals surface area contributed by atoms with Crippen LogP contribution in [0.1, 0.15) is 24.4 Å². The van der Waals surface area contributed by atoms with Gasteiger partial charge >= 0.3 is 5.00 Å². The van der Waals surface area contributed by atoms with E-state index in [1.54, 1.807) is 6.07 Å². The highest BCUT2D eigenvalue weighted by Crippen LogP contribution is 2.30. The van der Waals surface area contributed by atoms with Gasteiger partial charge in [-0.1, -0.05) is 11.3 Å². The lowest BCUT2D eigenvalue weighted by molar-refractivity contribution is -0.380. The maximum absolute atomic E-state index is 10.4. The van der Waals surface area contributed by atoms with Crippen LogP contribution in [0.5, 0.6) is 0 Å². The molecule has 4 nitrogen and oxygen atoms in total. The highest BCUT2D eigenvalue weighted by Gasteiger charge is 2.20. The Kier molecular flexibility index (Phi) is 2.28. The van der Waals surface area contributed by atoms with E-state index in [2.05, 4.69) is 5.32 Å². The van der Waals surface area contributed by atoms with Crippen molar-refractivity contribution in [2.24, 2.45) is 0 Å². The molecular weight excluding hydrogens is 188 g/mol. The van der Waals surface area contributed by atoms with Crippen molar-refractivity contribution in [2.75, 3.05) is 6.54 Å². The SMILES string of the molecule is O=[N+]([O-])c1cc(C2CCCN2)cs1. The van der Waals surface area contributed by atoms with Crippen LogP contribution in [0, 0.1) is 10.1 Å². The van der Waals surface area contributed by atoms with Crippen LogP contribution in [-0.2, 0) is 0 Å². The molecule has 1 atom stereocenters. The van der Waals surface area contributed by atoms with E-state index >= 15 is 0 Å². The van der Waals surface area contributed by atoms with Gasteiger partial charge < -0.3 is 5.32 Å². The molecule has 0 bridgehead atoms. The van der Waals surface area contributed by atoms with E-state index in [9.17, 15) is 10.1 Å². The van der Waals surface area contributed by atoms with Crippen molar-refractivity contribution in [1.82, 2.24) is 5.32 Å². The summed E-state index contributed by atoms with van der Waals surface area (Å²) in [6.07, 6.45) is 2.25. The van der Waals surface area contributed by atoms with Gasteiger partial charge in [0.05, 0.1) is 4.92 Å². The molecule has 1 unspecified atom stereocenters. The van der Waals surface area contributed by atoms with Gasteiger partial charge in [0.25, 0.3) is 0 Å². The normalized spacial score (nSPS) is 22.0. The van der Waals surface area contributed by atoms with Crippen molar-refractivity contribution in [1.29, 1.82) is 0 Å². The molecule has 2 rings (SSSR count). The molecule has 0 aromatic carbocycles. The first kappa shape index (κ1) is 8.65. The summed E-state index contributed by atoms with van der Waals surface area (Å²) in [6, 6.07) is 2.01. The molecule has 2 heterocycles. The third-order valence-corrected chi connectivity index (χ3v) is 3.15. The molecule has 13 heavy (non-hydrogen) atoms. The number of nitro groups is 1. The standard InChI is InChI=1S/C8H10N2O2S/c11-10(12)8-4-6(5-13-8)7-2-1-3-9-7/h4-5,7,9H,1-3H2. The van der Waals surface area contributed by atoms with Gasteiger partial charge in [-0.3, -0.25) is 10.1 Å². The van der Waals surface area contributed by atoms with Crippen molar-refractivity contribution in [3.8, 4) is 0 Å². The third-order valence-electron chi connectivity index (χ3n) is 2.25. The highest BCUT2D eigenvalue weighted by molar-refractivity contribution is 7.13. The fourth-order valence-corrected chi connectivity index (χ4v) is 2.37. The van der Waals surface area contributed by atoms with E-state index in [0.717, 1.165) is 24.9 Å². The first-order chi connectivity index (χ1) is 6.27. The molecule has 0 aliphatic carbocycles. The molecule has 0 saturated carbocycles. The van der Waals surface area contributed by atoms with Crippen LogP contribution in [-0.4, -0.2) is 11.5 Å². The molecule has 5 heteroatoms. The van der Waals surface area contributed by atoms with Gasteiger partial charge in [-0.2, -0.15) is 0 Å². The molecular formula is C8H10N2O2S. The van der Waals surface area contributed by atoms with Gasteiger partial charge in [0.15, 0.2) is 0 Å². The lowest BCUT2D eigenvalue weighted by Gasteiger charge is -2.05. The summed E-state index contributed by atoms with van der Waals surface area (Å²) < 4.78 is 0. The molecule has 1 aromatic heterocycles. The van der Waals surface area contributed by atoms with Gasteiger partial charge in [-0.05, 0) is 24.9 Å². The zero-order chi connectivity index (χ0) is 9.26. The molecule has 0 radical (unpaired) electrons. The molecule has 0 spiro atoms. The lowest BCUT2D eigenvalue weighted by atomic mass is 10.1. The number of nitrogens with zero attached hydrogens (tertiary/aromatic N) is 1. The average molecular weight is 198 g/mol. The predicted octanol–water partition coefficient (Wildman–Crippen LogP) is 2.08. The summed E-state index contributed by atoms with van der Waals surface area (Å²) in [7, 11) is 0. The van der Waals surface area contributed by atoms with Crippen LogP contribution in [0.4, 0.5) is 5.00 Å². The summed E-state index contributed by atoms with van der Waals surface area (Å²) in [6.45, 7) is 1.02. The van der Waals surface area contributed by atoms with Gasteiger partial charge in [-0.25, -0.2) is 0 Å². The van der Waals surface area contributed by atoms with Gasteiger partial charge in [0.2, 0.25) is 0 Å². The van der Waals surface area contributed by atoms with Crippen molar-refractivity contribution in [3.05, 3.63) is 27.1 Å². The first-order valence-electron chi connectivity index (χ1n) is 4.23. The zero-order valence-electron chi connectivity index (χ0n) is 7.03. The maximum atomic E-state index is 10.4. The Morgan fingerprint density at radius 1 is 1.69 bits per heavy atom. The molecule has 1 N–H and O–H groups in total. The van der Waals surface area contributed by atoms with E-state index in [0.29, 0.717) is 6.04 Å². The van der Waals surface area contributed by atoms with Crippen LogP contribution >= 0.6 is 11.3 Å². The van der Waals surface area contributed by atoms with Crippen LogP contribution in [0.2, 0.25) is 0 Å². The van der Waals surface area contributed by atoms with E-state index in [1.165, 1.54) is 11.3 Å². The second kappa shape index (κ2) is 3.43. The van der Waals surface area contributed by atoms with E-state index < -0.39 is 0 Å². The summed E-state index contributed by atoms with van der Waals surface area (Å²) in [5.41, 5.74) is 1.06. The average Bonchev–Trinajstić information content (AvgIpc) is 2.75. The number of hydrogen-bond donors (Lipinski definition) is 1. The molecule has 1 aliphatic heterocycles. The van der Waals surface area contributed by atoms with Crippen LogP contribution in [0.15, 0.2) is 11.4 Å². The minimum absolute atomic E-state index is 0.240. The zero-order valence-corrected chi connectivity index (χ0v) is 7.84. The Morgan fingerprint density at radius 3 is 3.08 bits per heavy atom. The summed E-state index contributed by atoms with van der Waals surface area (Å²) in [5.74, 6) is 0. The van der Waals surface area contributed by atoms with Crippen molar-refractivity contribution in [3.63, 3.8) is 0 Å². The fourth-order valence-electron chi connectivity index (χ4n) is 1.59.